The maximum absolute atomic E-state index is 12.9. The second kappa shape index (κ2) is 6.66. The Labute approximate surface area is 129 Å². The third kappa shape index (κ3) is 3.26. The number of hydrogen-bond donors (Lipinski definition) is 1. The molecule has 1 amide bonds. The Morgan fingerprint density at radius 1 is 1.00 bits per heavy atom. The molecule has 4 heteroatoms. The van der Waals surface area contributed by atoms with Crippen molar-refractivity contribution in [2.75, 3.05) is 26.2 Å². The van der Waals surface area contributed by atoms with Gasteiger partial charge in [0.15, 0.2) is 0 Å². The van der Waals surface area contributed by atoms with E-state index in [2.05, 4.69) is 16.7 Å². The molecule has 4 nitrogen and oxygen atoms in total. The second-order valence-electron chi connectivity index (χ2n) is 7.42. The van der Waals surface area contributed by atoms with Gasteiger partial charge in [-0.05, 0) is 51.1 Å². The Balaban J connectivity index is 1.58. The quantitative estimate of drug-likeness (QED) is 0.845. The number of rotatable bonds is 2. The molecule has 21 heavy (non-hydrogen) atoms. The van der Waals surface area contributed by atoms with Crippen molar-refractivity contribution >= 4 is 5.91 Å². The van der Waals surface area contributed by atoms with Crippen LogP contribution in [0.5, 0.6) is 0 Å². The first-order valence-corrected chi connectivity index (χ1v) is 8.95. The number of amides is 1. The van der Waals surface area contributed by atoms with E-state index >= 15 is 0 Å². The van der Waals surface area contributed by atoms with E-state index in [1.54, 1.807) is 0 Å². The summed E-state index contributed by atoms with van der Waals surface area (Å²) in [4.78, 5) is 17.6. The largest absolute Gasteiger partial charge is 0.341 e. The van der Waals surface area contributed by atoms with Gasteiger partial charge in [-0.25, -0.2) is 0 Å². The molecule has 0 bridgehead atoms. The lowest BCUT2D eigenvalue weighted by Crippen LogP contribution is -2.49. The molecule has 1 saturated carbocycles. The molecule has 4 atom stereocenters. The summed E-state index contributed by atoms with van der Waals surface area (Å²) in [6.45, 7) is 6.54. The summed E-state index contributed by atoms with van der Waals surface area (Å²) in [6.07, 6.45) is 8.55. The molecule has 3 fully saturated rings. The molecule has 2 aliphatic heterocycles. The van der Waals surface area contributed by atoms with Crippen LogP contribution in [-0.2, 0) is 4.79 Å². The average Bonchev–Trinajstić information content (AvgIpc) is 2.97. The highest BCUT2D eigenvalue weighted by Gasteiger charge is 2.39. The number of likely N-dealkylation sites (tertiary alicyclic amines) is 2. The Hall–Kier alpha value is -0.610. The van der Waals surface area contributed by atoms with Crippen molar-refractivity contribution in [3.63, 3.8) is 0 Å². The Morgan fingerprint density at radius 3 is 2.48 bits per heavy atom. The summed E-state index contributed by atoms with van der Waals surface area (Å²) >= 11 is 0. The zero-order chi connectivity index (χ0) is 14.8. The normalized spacial score (nSPS) is 38.7. The fourth-order valence-electron chi connectivity index (χ4n) is 4.62. The fraction of sp³-hybridized carbons (Fsp3) is 0.941. The second-order valence-corrected chi connectivity index (χ2v) is 7.42. The summed E-state index contributed by atoms with van der Waals surface area (Å²) in [6, 6.07) is 0.680. The van der Waals surface area contributed by atoms with Crippen molar-refractivity contribution in [2.24, 2.45) is 17.6 Å². The lowest BCUT2D eigenvalue weighted by molar-refractivity contribution is -0.138. The van der Waals surface area contributed by atoms with Crippen LogP contribution in [0.4, 0.5) is 0 Å². The van der Waals surface area contributed by atoms with Crippen LogP contribution in [0.25, 0.3) is 0 Å². The predicted octanol–water partition coefficient (Wildman–Crippen LogP) is 1.84. The van der Waals surface area contributed by atoms with E-state index in [-0.39, 0.29) is 12.0 Å². The van der Waals surface area contributed by atoms with Crippen LogP contribution in [0, 0.1) is 11.8 Å². The van der Waals surface area contributed by atoms with Crippen molar-refractivity contribution in [3.8, 4) is 0 Å². The van der Waals surface area contributed by atoms with E-state index < -0.39 is 0 Å². The van der Waals surface area contributed by atoms with E-state index in [9.17, 15) is 4.79 Å². The molecular weight excluding hydrogens is 262 g/mol. The highest BCUT2D eigenvalue weighted by atomic mass is 16.2. The smallest absolute Gasteiger partial charge is 0.227 e. The van der Waals surface area contributed by atoms with Gasteiger partial charge >= 0.3 is 0 Å². The van der Waals surface area contributed by atoms with Crippen molar-refractivity contribution < 1.29 is 4.79 Å². The Morgan fingerprint density at radius 2 is 1.76 bits per heavy atom. The molecule has 2 heterocycles. The van der Waals surface area contributed by atoms with Gasteiger partial charge in [-0.1, -0.05) is 19.8 Å². The van der Waals surface area contributed by atoms with Gasteiger partial charge in [0.1, 0.15) is 0 Å². The number of nitrogens with two attached hydrogens (primary N) is 1. The minimum Gasteiger partial charge on any atom is -0.341 e. The molecule has 0 aromatic carbocycles. The minimum absolute atomic E-state index is 0.0684. The molecule has 3 aliphatic rings. The Bertz CT molecular complexity index is 357. The first-order chi connectivity index (χ1) is 10.2. The minimum atomic E-state index is 0.0684. The van der Waals surface area contributed by atoms with Gasteiger partial charge in [0.05, 0.1) is 5.92 Å². The van der Waals surface area contributed by atoms with Gasteiger partial charge in [0, 0.05) is 25.2 Å². The van der Waals surface area contributed by atoms with Gasteiger partial charge in [0.2, 0.25) is 5.91 Å². The van der Waals surface area contributed by atoms with Gasteiger partial charge in [0.25, 0.3) is 0 Å². The summed E-state index contributed by atoms with van der Waals surface area (Å²) in [5.41, 5.74) is 6.26. The van der Waals surface area contributed by atoms with E-state index in [0.717, 1.165) is 32.4 Å². The first kappa shape index (κ1) is 15.3. The number of nitrogens with zero attached hydrogens (tertiary/aromatic N) is 2. The number of piperidine rings is 1. The predicted molar refractivity (Wildman–Crippen MR) is 84.9 cm³/mol. The molecule has 0 radical (unpaired) electrons. The summed E-state index contributed by atoms with van der Waals surface area (Å²) in [5, 5.41) is 0. The van der Waals surface area contributed by atoms with Crippen LogP contribution in [0.15, 0.2) is 0 Å². The molecule has 0 spiro atoms. The van der Waals surface area contributed by atoms with Crippen molar-refractivity contribution in [1.29, 1.82) is 0 Å². The molecule has 120 valence electrons. The van der Waals surface area contributed by atoms with E-state index in [1.807, 2.05) is 0 Å². The van der Waals surface area contributed by atoms with Crippen molar-refractivity contribution in [1.82, 2.24) is 9.80 Å². The third-order valence-corrected chi connectivity index (χ3v) is 5.94. The zero-order valence-electron chi connectivity index (χ0n) is 13.5. The van der Waals surface area contributed by atoms with Crippen molar-refractivity contribution in [3.05, 3.63) is 0 Å². The van der Waals surface area contributed by atoms with E-state index in [0.29, 0.717) is 17.9 Å². The fourth-order valence-corrected chi connectivity index (χ4v) is 4.62. The third-order valence-electron chi connectivity index (χ3n) is 5.94. The molecule has 1 aliphatic carbocycles. The van der Waals surface area contributed by atoms with E-state index in [1.165, 1.54) is 38.8 Å². The standard InChI is InChI=1S/C17H31N3O/c1-13-6-5-7-15(18)16(13)17(21)20-11-8-14(12-20)19-9-3-2-4-10-19/h13-16H,2-12,18H2,1H3. The lowest BCUT2D eigenvalue weighted by atomic mass is 9.76. The maximum Gasteiger partial charge on any atom is 0.227 e. The van der Waals surface area contributed by atoms with Crippen LogP contribution in [0.1, 0.15) is 51.9 Å². The molecule has 3 rings (SSSR count). The molecular formula is C17H31N3O. The zero-order valence-corrected chi connectivity index (χ0v) is 13.5. The van der Waals surface area contributed by atoms with Crippen LogP contribution < -0.4 is 5.73 Å². The summed E-state index contributed by atoms with van der Waals surface area (Å²) in [7, 11) is 0. The van der Waals surface area contributed by atoms with Crippen LogP contribution in [0.3, 0.4) is 0 Å². The Kier molecular flexibility index (Phi) is 4.85. The number of hydrogen-bond acceptors (Lipinski definition) is 3. The lowest BCUT2D eigenvalue weighted by Gasteiger charge is -2.36. The molecule has 0 aromatic rings. The van der Waals surface area contributed by atoms with Crippen LogP contribution >= 0.6 is 0 Å². The first-order valence-electron chi connectivity index (χ1n) is 8.95. The average molecular weight is 293 g/mol. The molecule has 2 N–H and O–H groups in total. The number of carbonyl (C=O) groups excluding carboxylic acids is 1. The SMILES string of the molecule is CC1CCCC(N)C1C(=O)N1CCC(N2CCCCC2)C1. The molecule has 0 aromatic heterocycles. The maximum atomic E-state index is 12.9. The molecule has 2 saturated heterocycles. The topological polar surface area (TPSA) is 49.6 Å². The van der Waals surface area contributed by atoms with Crippen LogP contribution in [0.2, 0.25) is 0 Å². The highest BCUT2D eigenvalue weighted by molar-refractivity contribution is 5.80. The van der Waals surface area contributed by atoms with Gasteiger partial charge in [-0.15, -0.1) is 0 Å². The van der Waals surface area contributed by atoms with E-state index in [4.69, 9.17) is 5.73 Å². The number of carbonyl (C=O) groups is 1. The van der Waals surface area contributed by atoms with Gasteiger partial charge < -0.3 is 10.6 Å². The summed E-state index contributed by atoms with van der Waals surface area (Å²) < 4.78 is 0. The molecule has 4 unspecified atom stereocenters. The highest BCUT2D eigenvalue weighted by Crippen LogP contribution is 2.32. The van der Waals surface area contributed by atoms with Gasteiger partial charge in [-0.3, -0.25) is 9.69 Å². The summed E-state index contributed by atoms with van der Waals surface area (Å²) in [5.74, 6) is 0.864. The monoisotopic (exact) mass is 293 g/mol. The van der Waals surface area contributed by atoms with Crippen LogP contribution in [-0.4, -0.2) is 54.0 Å². The van der Waals surface area contributed by atoms with Crippen molar-refractivity contribution in [2.45, 2.75) is 64.0 Å². The van der Waals surface area contributed by atoms with Gasteiger partial charge in [-0.2, -0.15) is 0 Å².